The standard InChI is InChI=1S/C31H33N3O6S/c1-20-8-4-7-11-29(20)41(37,38)33-30(35)22-13-12-21(28(17-22)39-3)16-23-19-34(2)27-15-14-24(18-26(23)27)32-31(36)40-25-9-5-6-10-25/h4,7-8,11-15,17-19,25H,5-6,9-10,16H2,1-3H3,(H,32,36)(H,33,35)/i3D3,9D2,10D2. The third-order valence-corrected chi connectivity index (χ3v) is 8.25. The maximum absolute atomic E-state index is 13.0. The molecule has 0 atom stereocenters. The number of nitrogens with one attached hydrogen (secondary N) is 2. The van der Waals surface area contributed by atoms with Crippen molar-refractivity contribution in [2.75, 3.05) is 12.4 Å². The Morgan fingerprint density at radius 3 is 2.61 bits per heavy atom. The zero-order chi connectivity index (χ0) is 35.2. The number of carbonyl (C=O) groups is 2. The van der Waals surface area contributed by atoms with Crippen LogP contribution in [0.15, 0.2) is 71.8 Å². The average molecular weight is 583 g/mol. The number of anilines is 1. The number of rotatable bonds is 8. The molecule has 9 nitrogen and oxygen atoms in total. The lowest BCUT2D eigenvalue weighted by Gasteiger charge is -2.13. The van der Waals surface area contributed by atoms with Gasteiger partial charge in [0.1, 0.15) is 11.9 Å². The highest BCUT2D eigenvalue weighted by molar-refractivity contribution is 7.90. The molecule has 4 aromatic rings. The summed E-state index contributed by atoms with van der Waals surface area (Å²) in [7, 11) is -5.33. The number of ether oxygens (including phenoxy) is 2. The van der Waals surface area contributed by atoms with Gasteiger partial charge >= 0.3 is 6.09 Å². The second-order valence-electron chi connectivity index (χ2n) is 9.62. The molecule has 5 rings (SSSR count). The lowest BCUT2D eigenvalue weighted by molar-refractivity contribution is 0.0980. The van der Waals surface area contributed by atoms with Crippen LogP contribution in [0.2, 0.25) is 0 Å². The molecule has 1 aromatic heterocycles. The first kappa shape index (κ1) is 20.5. The van der Waals surface area contributed by atoms with Gasteiger partial charge in [-0.25, -0.2) is 17.9 Å². The van der Waals surface area contributed by atoms with Crippen molar-refractivity contribution in [1.82, 2.24) is 9.29 Å². The van der Waals surface area contributed by atoms with Crippen LogP contribution in [0.5, 0.6) is 5.75 Å². The Bertz CT molecular complexity index is 2000. The second-order valence-corrected chi connectivity index (χ2v) is 11.3. The Kier molecular flexibility index (Phi) is 5.84. The molecule has 1 saturated carbocycles. The van der Waals surface area contributed by atoms with Crippen molar-refractivity contribution in [2.45, 2.75) is 49.9 Å². The van der Waals surface area contributed by atoms with Crippen molar-refractivity contribution in [2.24, 2.45) is 7.05 Å². The predicted octanol–water partition coefficient (Wildman–Crippen LogP) is 5.70. The van der Waals surface area contributed by atoms with Gasteiger partial charge in [0.25, 0.3) is 15.9 Å². The Morgan fingerprint density at radius 1 is 1.07 bits per heavy atom. The van der Waals surface area contributed by atoms with E-state index in [9.17, 15) is 18.0 Å². The first-order chi connectivity index (χ1) is 22.3. The number of hydrogen-bond acceptors (Lipinski definition) is 6. The second kappa shape index (κ2) is 11.7. The van der Waals surface area contributed by atoms with Gasteiger partial charge in [-0.2, -0.15) is 0 Å². The molecular formula is C31H33N3O6S. The largest absolute Gasteiger partial charge is 0.496 e. The summed E-state index contributed by atoms with van der Waals surface area (Å²) in [6.45, 7) is 1.59. The van der Waals surface area contributed by atoms with E-state index >= 15 is 0 Å². The van der Waals surface area contributed by atoms with Gasteiger partial charge in [-0.15, -0.1) is 0 Å². The van der Waals surface area contributed by atoms with Crippen molar-refractivity contribution in [3.8, 4) is 5.75 Å². The van der Waals surface area contributed by atoms with Crippen LogP contribution in [0.25, 0.3) is 10.9 Å². The Hall–Kier alpha value is -4.31. The molecule has 214 valence electrons. The highest BCUT2D eigenvalue weighted by atomic mass is 32.2. The summed E-state index contributed by atoms with van der Waals surface area (Å²) in [6.07, 6.45) is -4.88. The third-order valence-electron chi connectivity index (χ3n) is 6.76. The molecular weight excluding hydrogens is 542 g/mol. The number of fused-ring (bicyclic) bond motifs is 1. The van der Waals surface area contributed by atoms with Crippen LogP contribution in [0.4, 0.5) is 10.5 Å². The molecule has 10 heteroatoms. The van der Waals surface area contributed by atoms with E-state index in [1.807, 2.05) is 9.29 Å². The summed E-state index contributed by atoms with van der Waals surface area (Å²) in [5.41, 5.74) is 2.39. The summed E-state index contributed by atoms with van der Waals surface area (Å²) in [5, 5.41) is 3.20. The van der Waals surface area contributed by atoms with Gasteiger partial charge in [-0.05, 0) is 85.6 Å². The van der Waals surface area contributed by atoms with E-state index in [0.29, 0.717) is 27.8 Å². The van der Waals surface area contributed by atoms with Crippen LogP contribution in [0.3, 0.4) is 0 Å². The van der Waals surface area contributed by atoms with Crippen molar-refractivity contribution in [1.29, 1.82) is 0 Å². The number of hydrogen-bond donors (Lipinski definition) is 2. The third kappa shape index (κ3) is 6.22. The molecule has 0 saturated heterocycles. The van der Waals surface area contributed by atoms with Crippen LogP contribution < -0.4 is 14.8 Å². The van der Waals surface area contributed by atoms with Crippen LogP contribution in [0, 0.1) is 6.92 Å². The SMILES string of the molecule is [2H]C([2H])([2H])Oc1cc(C(=O)NS(=O)(=O)c2ccccc2C)ccc1Cc1cn(C)c2ccc(NC(=O)OC3C([2H])([2H])CCC3([2H])[2H])cc12. The van der Waals surface area contributed by atoms with E-state index in [-0.39, 0.29) is 35.5 Å². The summed E-state index contributed by atoms with van der Waals surface area (Å²) in [5.74, 6) is -1.14. The number of benzene rings is 3. The van der Waals surface area contributed by atoms with Crippen LogP contribution in [0.1, 0.15) is 62.2 Å². The van der Waals surface area contributed by atoms with Gasteiger partial charge in [0, 0.05) is 47.3 Å². The summed E-state index contributed by atoms with van der Waals surface area (Å²) in [6, 6.07) is 15.1. The molecule has 0 spiro atoms. The minimum Gasteiger partial charge on any atom is -0.496 e. The van der Waals surface area contributed by atoms with Gasteiger partial charge in [-0.3, -0.25) is 10.1 Å². The van der Waals surface area contributed by atoms with E-state index in [4.69, 9.17) is 19.1 Å². The van der Waals surface area contributed by atoms with Gasteiger partial charge in [0.05, 0.1) is 16.0 Å². The zero-order valence-corrected chi connectivity index (χ0v) is 23.2. The maximum Gasteiger partial charge on any atom is 0.411 e. The van der Waals surface area contributed by atoms with Crippen molar-refractivity contribution in [3.05, 3.63) is 89.1 Å². The minimum absolute atomic E-state index is 0.0765. The fourth-order valence-electron chi connectivity index (χ4n) is 4.74. The number of nitrogens with zero attached hydrogens (tertiary/aromatic N) is 1. The number of carbonyl (C=O) groups excluding carboxylic acids is 2. The lowest BCUT2D eigenvalue weighted by Crippen LogP contribution is -2.31. The minimum atomic E-state index is -4.23. The summed E-state index contributed by atoms with van der Waals surface area (Å²) in [4.78, 5) is 25.7. The number of aryl methyl sites for hydroxylation is 2. The molecule has 3 aromatic carbocycles. The average Bonchev–Trinajstić information content (AvgIpc) is 3.39. The summed E-state index contributed by atoms with van der Waals surface area (Å²) >= 11 is 0. The number of amides is 2. The molecule has 0 radical (unpaired) electrons. The predicted molar refractivity (Wildman–Crippen MR) is 157 cm³/mol. The van der Waals surface area contributed by atoms with Gasteiger partial charge in [-0.1, -0.05) is 24.3 Å². The first-order valence-corrected chi connectivity index (χ1v) is 14.2. The fraction of sp³-hybridized carbons (Fsp3) is 0.290. The number of aromatic nitrogens is 1. The smallest absolute Gasteiger partial charge is 0.411 e. The van der Waals surface area contributed by atoms with Crippen LogP contribution >= 0.6 is 0 Å². The molecule has 41 heavy (non-hydrogen) atoms. The molecule has 1 aliphatic carbocycles. The van der Waals surface area contributed by atoms with Gasteiger partial charge < -0.3 is 14.0 Å². The molecule has 2 N–H and O–H groups in total. The van der Waals surface area contributed by atoms with E-state index in [2.05, 4.69) is 5.32 Å². The highest BCUT2D eigenvalue weighted by Crippen LogP contribution is 2.30. The normalized spacial score (nSPS) is 19.0. The number of methoxy groups -OCH3 is 1. The quantitative estimate of drug-likeness (QED) is 0.276. The van der Waals surface area contributed by atoms with E-state index < -0.39 is 47.9 Å². The van der Waals surface area contributed by atoms with E-state index in [0.717, 1.165) is 5.52 Å². The fourth-order valence-corrected chi connectivity index (χ4v) is 5.97. The molecule has 1 heterocycles. The summed E-state index contributed by atoms with van der Waals surface area (Å²) < 4.78 is 95.2. The Morgan fingerprint density at radius 2 is 1.85 bits per heavy atom. The highest BCUT2D eigenvalue weighted by Gasteiger charge is 2.22. The number of sulfonamides is 1. The Balaban J connectivity index is 1.41. The molecule has 1 fully saturated rings. The molecule has 0 unspecified atom stereocenters. The van der Waals surface area contributed by atoms with Gasteiger partial charge in [0.2, 0.25) is 0 Å². The monoisotopic (exact) mass is 582 g/mol. The first-order valence-electron chi connectivity index (χ1n) is 16.3. The molecule has 0 bridgehead atoms. The molecule has 0 aliphatic heterocycles. The van der Waals surface area contributed by atoms with Crippen molar-refractivity contribution in [3.63, 3.8) is 0 Å². The topological polar surface area (TPSA) is 116 Å². The molecule has 2 amide bonds. The zero-order valence-electron chi connectivity index (χ0n) is 29.4. The maximum atomic E-state index is 13.0. The van der Waals surface area contributed by atoms with E-state index in [1.165, 1.54) is 30.3 Å². The van der Waals surface area contributed by atoms with Crippen LogP contribution in [-0.2, 0) is 28.2 Å². The van der Waals surface area contributed by atoms with E-state index in [1.54, 1.807) is 50.5 Å². The Labute approximate surface area is 249 Å². The lowest BCUT2D eigenvalue weighted by atomic mass is 10.0. The van der Waals surface area contributed by atoms with Crippen LogP contribution in [-0.4, -0.2) is 38.1 Å². The van der Waals surface area contributed by atoms with Crippen molar-refractivity contribution < 1.29 is 37.1 Å². The van der Waals surface area contributed by atoms with Gasteiger partial charge in [0.15, 0.2) is 0 Å². The van der Waals surface area contributed by atoms with Crippen molar-refractivity contribution >= 4 is 38.6 Å². The molecule has 1 aliphatic rings.